The Labute approximate surface area is 91.9 Å². The molecule has 1 heterocycles. The van der Waals surface area contributed by atoms with Crippen LogP contribution >= 0.6 is 0 Å². The fraction of sp³-hybridized carbons (Fsp3) is 0.583. The van der Waals surface area contributed by atoms with E-state index in [9.17, 15) is 0 Å². The van der Waals surface area contributed by atoms with Crippen molar-refractivity contribution in [3.63, 3.8) is 0 Å². The molecule has 0 aliphatic carbocycles. The Morgan fingerprint density at radius 1 is 1.33 bits per heavy atom. The summed E-state index contributed by atoms with van der Waals surface area (Å²) < 4.78 is 5.41. The first-order valence-corrected chi connectivity index (χ1v) is 5.59. The third-order valence-corrected chi connectivity index (χ3v) is 2.06. The molecule has 1 aromatic heterocycles. The lowest BCUT2D eigenvalue weighted by Gasteiger charge is -2.04. The molecule has 84 valence electrons. The predicted molar refractivity (Wildman–Crippen MR) is 61.6 cm³/mol. The normalized spacial score (nSPS) is 10.5. The minimum absolute atomic E-state index is 0.620. The Hall–Kier alpha value is -0.930. The van der Waals surface area contributed by atoms with Crippen LogP contribution in [0.25, 0.3) is 0 Å². The predicted octanol–water partition coefficient (Wildman–Crippen LogP) is 2.12. The second kappa shape index (κ2) is 7.37. The Morgan fingerprint density at radius 3 is 2.80 bits per heavy atom. The molecule has 0 spiro atoms. The zero-order valence-corrected chi connectivity index (χ0v) is 9.62. The number of hydrogen-bond acceptors (Lipinski definition) is 3. The monoisotopic (exact) mass is 208 g/mol. The summed E-state index contributed by atoms with van der Waals surface area (Å²) in [6.45, 7) is 7.50. The van der Waals surface area contributed by atoms with E-state index >= 15 is 0 Å². The Bertz CT molecular complexity index is 259. The molecule has 0 radical (unpaired) electrons. The molecule has 0 aliphatic heterocycles. The van der Waals surface area contributed by atoms with Crippen molar-refractivity contribution in [1.29, 1.82) is 0 Å². The Kier molecular flexibility index (Phi) is 5.97. The summed E-state index contributed by atoms with van der Waals surface area (Å²) >= 11 is 0. The molecule has 0 saturated heterocycles. The molecule has 1 rings (SSSR count). The quantitative estimate of drug-likeness (QED) is 0.697. The summed E-state index contributed by atoms with van der Waals surface area (Å²) in [5, 5.41) is 3.27. The van der Waals surface area contributed by atoms with Crippen molar-refractivity contribution in [2.45, 2.75) is 33.4 Å². The van der Waals surface area contributed by atoms with Crippen LogP contribution in [0.5, 0.6) is 0 Å². The van der Waals surface area contributed by atoms with Gasteiger partial charge in [0.15, 0.2) is 0 Å². The van der Waals surface area contributed by atoms with E-state index < -0.39 is 0 Å². The number of pyridine rings is 1. The number of ether oxygens (including phenoxy) is 1. The summed E-state index contributed by atoms with van der Waals surface area (Å²) in [5.41, 5.74) is 2.22. The average molecular weight is 208 g/mol. The first kappa shape index (κ1) is 12.1. The lowest BCUT2D eigenvalue weighted by atomic mass is 10.2. The van der Waals surface area contributed by atoms with Gasteiger partial charge >= 0.3 is 0 Å². The second-order valence-electron chi connectivity index (χ2n) is 3.49. The van der Waals surface area contributed by atoms with Gasteiger partial charge in [0.2, 0.25) is 0 Å². The first-order valence-electron chi connectivity index (χ1n) is 5.59. The number of nitrogens with one attached hydrogen (secondary N) is 1. The van der Waals surface area contributed by atoms with E-state index in [4.69, 9.17) is 4.74 Å². The summed E-state index contributed by atoms with van der Waals surface area (Å²) in [7, 11) is 0. The molecule has 1 N–H and O–H groups in total. The summed E-state index contributed by atoms with van der Waals surface area (Å²) in [6, 6.07) is 4.13. The molecule has 0 saturated carbocycles. The largest absolute Gasteiger partial charge is 0.375 e. The second-order valence-corrected chi connectivity index (χ2v) is 3.49. The van der Waals surface area contributed by atoms with Crippen molar-refractivity contribution in [2.75, 3.05) is 13.2 Å². The van der Waals surface area contributed by atoms with Gasteiger partial charge in [0.1, 0.15) is 0 Å². The molecular formula is C12H20N2O. The summed E-state index contributed by atoms with van der Waals surface area (Å²) in [6.07, 6.45) is 2.96. The topological polar surface area (TPSA) is 34.1 Å². The van der Waals surface area contributed by atoms with Crippen LogP contribution in [0.15, 0.2) is 18.3 Å². The van der Waals surface area contributed by atoms with Crippen molar-refractivity contribution in [3.05, 3.63) is 29.6 Å². The van der Waals surface area contributed by atoms with E-state index in [0.717, 1.165) is 31.8 Å². The lowest BCUT2D eigenvalue weighted by molar-refractivity contribution is 0.119. The molecule has 0 aliphatic rings. The van der Waals surface area contributed by atoms with Crippen molar-refractivity contribution >= 4 is 0 Å². The molecule has 0 unspecified atom stereocenters. The van der Waals surface area contributed by atoms with Gasteiger partial charge in [-0.3, -0.25) is 4.98 Å². The maximum Gasteiger partial charge on any atom is 0.0887 e. The van der Waals surface area contributed by atoms with Crippen molar-refractivity contribution in [2.24, 2.45) is 0 Å². The van der Waals surface area contributed by atoms with Crippen LogP contribution in [-0.4, -0.2) is 18.1 Å². The molecule has 0 atom stereocenters. The maximum atomic E-state index is 5.41. The summed E-state index contributed by atoms with van der Waals surface area (Å²) in [4.78, 5) is 4.34. The molecule has 0 fully saturated rings. The van der Waals surface area contributed by atoms with Crippen LogP contribution in [0.2, 0.25) is 0 Å². The van der Waals surface area contributed by atoms with Crippen molar-refractivity contribution < 1.29 is 4.74 Å². The molecule has 15 heavy (non-hydrogen) atoms. The van der Waals surface area contributed by atoms with Crippen LogP contribution in [0, 0.1) is 0 Å². The standard InChI is InChI=1S/C12H20N2O/c1-3-7-15-10-12-6-5-11(9-14-12)8-13-4-2/h5-6,9,13H,3-4,7-8,10H2,1-2H3. The van der Waals surface area contributed by atoms with E-state index in [1.54, 1.807) is 0 Å². The average Bonchev–Trinajstić information content (AvgIpc) is 2.28. The highest BCUT2D eigenvalue weighted by Crippen LogP contribution is 2.01. The SMILES string of the molecule is CCCOCc1ccc(CNCC)cn1. The molecular weight excluding hydrogens is 188 g/mol. The number of nitrogens with zero attached hydrogens (tertiary/aromatic N) is 1. The molecule has 3 nitrogen and oxygen atoms in total. The van der Waals surface area contributed by atoms with Gasteiger partial charge in [-0.25, -0.2) is 0 Å². The van der Waals surface area contributed by atoms with Gasteiger partial charge in [-0.2, -0.15) is 0 Å². The highest BCUT2D eigenvalue weighted by molar-refractivity contribution is 5.13. The molecule has 0 aromatic carbocycles. The molecule has 0 amide bonds. The van der Waals surface area contributed by atoms with Gasteiger partial charge < -0.3 is 10.1 Å². The van der Waals surface area contributed by atoms with Crippen molar-refractivity contribution in [1.82, 2.24) is 10.3 Å². The zero-order chi connectivity index (χ0) is 10.9. The van der Waals surface area contributed by atoms with Crippen LogP contribution in [-0.2, 0) is 17.9 Å². The first-order chi connectivity index (χ1) is 7.36. The minimum atomic E-state index is 0.620. The van der Waals surface area contributed by atoms with Crippen LogP contribution in [0.4, 0.5) is 0 Å². The van der Waals surface area contributed by atoms with E-state index in [-0.39, 0.29) is 0 Å². The van der Waals surface area contributed by atoms with E-state index in [1.807, 2.05) is 12.3 Å². The van der Waals surface area contributed by atoms with Crippen LogP contribution in [0.3, 0.4) is 0 Å². The van der Waals surface area contributed by atoms with Gasteiger partial charge in [-0.15, -0.1) is 0 Å². The Balaban J connectivity index is 2.35. The van der Waals surface area contributed by atoms with Gasteiger partial charge in [0.25, 0.3) is 0 Å². The minimum Gasteiger partial charge on any atom is -0.375 e. The van der Waals surface area contributed by atoms with E-state index in [0.29, 0.717) is 6.61 Å². The maximum absolute atomic E-state index is 5.41. The highest BCUT2D eigenvalue weighted by Gasteiger charge is 1.95. The van der Waals surface area contributed by atoms with Gasteiger partial charge in [-0.1, -0.05) is 19.9 Å². The molecule has 0 bridgehead atoms. The third kappa shape index (κ3) is 4.91. The van der Waals surface area contributed by atoms with E-state index in [1.165, 1.54) is 5.56 Å². The fourth-order valence-electron chi connectivity index (χ4n) is 1.24. The lowest BCUT2D eigenvalue weighted by Crippen LogP contribution is -2.12. The number of aromatic nitrogens is 1. The van der Waals surface area contributed by atoms with Crippen LogP contribution < -0.4 is 5.32 Å². The van der Waals surface area contributed by atoms with Gasteiger partial charge in [-0.05, 0) is 24.6 Å². The third-order valence-electron chi connectivity index (χ3n) is 2.06. The van der Waals surface area contributed by atoms with E-state index in [2.05, 4.69) is 30.2 Å². The van der Waals surface area contributed by atoms with Gasteiger partial charge in [0.05, 0.1) is 12.3 Å². The zero-order valence-electron chi connectivity index (χ0n) is 9.62. The molecule has 3 heteroatoms. The number of hydrogen-bond donors (Lipinski definition) is 1. The Morgan fingerprint density at radius 2 is 2.20 bits per heavy atom. The molecule has 1 aromatic rings. The fourth-order valence-corrected chi connectivity index (χ4v) is 1.24. The smallest absolute Gasteiger partial charge is 0.0887 e. The van der Waals surface area contributed by atoms with Crippen molar-refractivity contribution in [3.8, 4) is 0 Å². The number of rotatable bonds is 7. The highest BCUT2D eigenvalue weighted by atomic mass is 16.5. The van der Waals surface area contributed by atoms with Gasteiger partial charge in [0, 0.05) is 19.3 Å². The van der Waals surface area contributed by atoms with Crippen LogP contribution in [0.1, 0.15) is 31.5 Å². The summed E-state index contributed by atoms with van der Waals surface area (Å²) in [5.74, 6) is 0.